The fraction of sp³-hybridized carbons (Fsp3) is 0.538. The van der Waals surface area contributed by atoms with Crippen LogP contribution in [0.25, 0.3) is 0 Å². The van der Waals surface area contributed by atoms with E-state index in [-0.39, 0.29) is 0 Å². The molecule has 84 valence electrons. The van der Waals surface area contributed by atoms with Gasteiger partial charge in [-0.1, -0.05) is 31.0 Å². The molecule has 0 saturated heterocycles. The van der Waals surface area contributed by atoms with E-state index in [2.05, 4.69) is 32.0 Å². The van der Waals surface area contributed by atoms with E-state index in [1.54, 1.807) is 7.11 Å². The molecule has 0 radical (unpaired) electrons. The van der Waals surface area contributed by atoms with Crippen LogP contribution in [0.2, 0.25) is 0 Å². The fourth-order valence-electron chi connectivity index (χ4n) is 1.55. The number of hydrogen-bond donors (Lipinski definition) is 0. The van der Waals surface area contributed by atoms with Crippen LogP contribution in [0.15, 0.2) is 18.2 Å². The molecule has 0 heterocycles. The molecule has 0 atom stereocenters. The average molecular weight is 208 g/mol. The van der Waals surface area contributed by atoms with Crippen molar-refractivity contribution in [1.29, 1.82) is 0 Å². The van der Waals surface area contributed by atoms with Crippen molar-refractivity contribution in [3.63, 3.8) is 0 Å². The Hall–Kier alpha value is -1.02. The van der Waals surface area contributed by atoms with Crippen molar-refractivity contribution in [2.75, 3.05) is 20.3 Å². The lowest BCUT2D eigenvalue weighted by Gasteiger charge is -2.11. The molecule has 1 aromatic carbocycles. The van der Waals surface area contributed by atoms with Gasteiger partial charge in [0.05, 0.1) is 6.61 Å². The summed E-state index contributed by atoms with van der Waals surface area (Å²) >= 11 is 0. The summed E-state index contributed by atoms with van der Waals surface area (Å²) in [6, 6.07) is 6.34. The zero-order chi connectivity index (χ0) is 11.1. The van der Waals surface area contributed by atoms with Gasteiger partial charge < -0.3 is 9.47 Å². The lowest BCUT2D eigenvalue weighted by Crippen LogP contribution is -2.06. The minimum Gasteiger partial charge on any atom is -0.491 e. The van der Waals surface area contributed by atoms with Gasteiger partial charge in [0.2, 0.25) is 0 Å². The molecule has 0 aliphatic heterocycles. The number of aryl methyl sites for hydroxylation is 2. The molecule has 0 spiro atoms. The first-order valence-corrected chi connectivity index (χ1v) is 5.49. The highest BCUT2D eigenvalue weighted by Crippen LogP contribution is 2.21. The summed E-state index contributed by atoms with van der Waals surface area (Å²) in [6.07, 6.45) is 2.22. The van der Waals surface area contributed by atoms with Crippen LogP contribution in [-0.4, -0.2) is 20.3 Å². The Bertz CT molecular complexity index is 295. The number of benzene rings is 1. The topological polar surface area (TPSA) is 18.5 Å². The number of methoxy groups -OCH3 is 1. The molecule has 0 fully saturated rings. The minimum atomic E-state index is 0.621. The molecule has 2 nitrogen and oxygen atoms in total. The molecule has 0 saturated carbocycles. The van der Waals surface area contributed by atoms with Gasteiger partial charge in [0, 0.05) is 7.11 Å². The van der Waals surface area contributed by atoms with Crippen molar-refractivity contribution in [1.82, 2.24) is 0 Å². The van der Waals surface area contributed by atoms with Crippen LogP contribution in [0, 0.1) is 6.92 Å². The number of ether oxygens (including phenoxy) is 2. The Morgan fingerprint density at radius 1 is 1.20 bits per heavy atom. The molecule has 15 heavy (non-hydrogen) atoms. The van der Waals surface area contributed by atoms with Crippen molar-refractivity contribution >= 4 is 0 Å². The van der Waals surface area contributed by atoms with Crippen LogP contribution >= 0.6 is 0 Å². The van der Waals surface area contributed by atoms with Crippen LogP contribution in [0.3, 0.4) is 0 Å². The van der Waals surface area contributed by atoms with Crippen LogP contribution in [-0.2, 0) is 11.2 Å². The molecule has 0 aliphatic carbocycles. The predicted octanol–water partition coefficient (Wildman–Crippen LogP) is 2.97. The van der Waals surface area contributed by atoms with Crippen molar-refractivity contribution in [2.45, 2.75) is 26.7 Å². The first-order valence-electron chi connectivity index (χ1n) is 5.49. The van der Waals surface area contributed by atoms with Gasteiger partial charge in [0.15, 0.2) is 0 Å². The normalized spacial score (nSPS) is 10.3. The molecule has 2 heteroatoms. The second-order valence-corrected chi connectivity index (χ2v) is 3.70. The molecule has 0 amide bonds. The average Bonchev–Trinajstić information content (AvgIpc) is 2.22. The van der Waals surface area contributed by atoms with Gasteiger partial charge in [0.1, 0.15) is 12.4 Å². The number of hydrogen-bond acceptors (Lipinski definition) is 2. The molecule has 1 aromatic rings. The summed E-state index contributed by atoms with van der Waals surface area (Å²) in [4.78, 5) is 0. The van der Waals surface area contributed by atoms with E-state index in [1.165, 1.54) is 11.1 Å². The first kappa shape index (κ1) is 12.1. The quantitative estimate of drug-likeness (QED) is 0.669. The third-order valence-electron chi connectivity index (χ3n) is 2.28. The lowest BCUT2D eigenvalue weighted by atomic mass is 10.1. The Labute approximate surface area is 92.2 Å². The molecule has 0 bridgehead atoms. The van der Waals surface area contributed by atoms with E-state index >= 15 is 0 Å². The zero-order valence-electron chi connectivity index (χ0n) is 9.88. The summed E-state index contributed by atoms with van der Waals surface area (Å²) in [6.45, 7) is 5.55. The summed E-state index contributed by atoms with van der Waals surface area (Å²) < 4.78 is 10.6. The number of rotatable bonds is 6. The Morgan fingerprint density at radius 3 is 2.67 bits per heavy atom. The summed E-state index contributed by atoms with van der Waals surface area (Å²) in [5, 5.41) is 0. The van der Waals surface area contributed by atoms with Crippen LogP contribution < -0.4 is 4.74 Å². The second kappa shape index (κ2) is 6.46. The maximum absolute atomic E-state index is 5.66. The Kier molecular flexibility index (Phi) is 5.19. The fourth-order valence-corrected chi connectivity index (χ4v) is 1.55. The highest BCUT2D eigenvalue weighted by molar-refractivity contribution is 5.36. The third-order valence-corrected chi connectivity index (χ3v) is 2.28. The molecule has 0 N–H and O–H groups in total. The Morgan fingerprint density at radius 2 is 2.00 bits per heavy atom. The second-order valence-electron chi connectivity index (χ2n) is 3.70. The molecule has 0 aliphatic rings. The van der Waals surface area contributed by atoms with E-state index in [0.717, 1.165) is 18.6 Å². The van der Waals surface area contributed by atoms with Gasteiger partial charge in [-0.15, -0.1) is 0 Å². The van der Waals surface area contributed by atoms with Gasteiger partial charge in [-0.05, 0) is 25.0 Å². The van der Waals surface area contributed by atoms with Crippen LogP contribution in [0.1, 0.15) is 24.5 Å². The maximum atomic E-state index is 5.66. The zero-order valence-corrected chi connectivity index (χ0v) is 9.88. The standard InChI is InChI=1S/C13H20O2/c1-4-5-12-10-11(2)6-7-13(12)15-9-8-14-3/h6-7,10H,4-5,8-9H2,1-3H3. The predicted molar refractivity (Wildman–Crippen MR) is 62.5 cm³/mol. The van der Waals surface area contributed by atoms with Gasteiger partial charge in [-0.25, -0.2) is 0 Å². The van der Waals surface area contributed by atoms with Crippen molar-refractivity contribution in [3.8, 4) is 5.75 Å². The highest BCUT2D eigenvalue weighted by atomic mass is 16.5. The van der Waals surface area contributed by atoms with Crippen LogP contribution in [0.4, 0.5) is 0 Å². The van der Waals surface area contributed by atoms with Crippen LogP contribution in [0.5, 0.6) is 5.75 Å². The monoisotopic (exact) mass is 208 g/mol. The molecule has 1 rings (SSSR count). The summed E-state index contributed by atoms with van der Waals surface area (Å²) in [7, 11) is 1.69. The van der Waals surface area contributed by atoms with Gasteiger partial charge in [-0.3, -0.25) is 0 Å². The molecule has 0 aromatic heterocycles. The van der Waals surface area contributed by atoms with Gasteiger partial charge in [-0.2, -0.15) is 0 Å². The van der Waals surface area contributed by atoms with Crippen molar-refractivity contribution in [3.05, 3.63) is 29.3 Å². The third kappa shape index (κ3) is 3.92. The van der Waals surface area contributed by atoms with E-state index in [1.807, 2.05) is 0 Å². The van der Waals surface area contributed by atoms with E-state index in [0.29, 0.717) is 13.2 Å². The Balaban J connectivity index is 2.67. The lowest BCUT2D eigenvalue weighted by molar-refractivity contribution is 0.145. The summed E-state index contributed by atoms with van der Waals surface area (Å²) in [5.41, 5.74) is 2.59. The molecular weight excluding hydrogens is 188 g/mol. The smallest absolute Gasteiger partial charge is 0.122 e. The van der Waals surface area contributed by atoms with E-state index in [4.69, 9.17) is 9.47 Å². The minimum absolute atomic E-state index is 0.621. The van der Waals surface area contributed by atoms with Gasteiger partial charge in [0.25, 0.3) is 0 Å². The molecule has 0 unspecified atom stereocenters. The van der Waals surface area contributed by atoms with Crippen molar-refractivity contribution < 1.29 is 9.47 Å². The van der Waals surface area contributed by atoms with E-state index in [9.17, 15) is 0 Å². The summed E-state index contributed by atoms with van der Waals surface area (Å²) in [5.74, 6) is 1.000. The van der Waals surface area contributed by atoms with E-state index < -0.39 is 0 Å². The molecular formula is C13H20O2. The maximum Gasteiger partial charge on any atom is 0.122 e. The largest absolute Gasteiger partial charge is 0.491 e. The highest BCUT2D eigenvalue weighted by Gasteiger charge is 2.02. The first-order chi connectivity index (χ1) is 7.27. The van der Waals surface area contributed by atoms with Gasteiger partial charge >= 0.3 is 0 Å². The SMILES string of the molecule is CCCc1cc(C)ccc1OCCOC. The van der Waals surface area contributed by atoms with Crippen molar-refractivity contribution in [2.24, 2.45) is 0 Å².